The van der Waals surface area contributed by atoms with E-state index in [-0.39, 0.29) is 5.66 Å². The van der Waals surface area contributed by atoms with Crippen LogP contribution in [-0.4, -0.2) is 30.8 Å². The molecule has 1 spiro atoms. The van der Waals surface area contributed by atoms with Crippen molar-refractivity contribution < 1.29 is 4.74 Å². The number of rotatable bonds is 3. The second-order valence-corrected chi connectivity index (χ2v) is 6.50. The summed E-state index contributed by atoms with van der Waals surface area (Å²) in [5.41, 5.74) is 3.11. The van der Waals surface area contributed by atoms with Crippen molar-refractivity contribution in [3.05, 3.63) is 54.1 Å². The first-order valence-corrected chi connectivity index (χ1v) is 8.42. The van der Waals surface area contributed by atoms with E-state index in [4.69, 9.17) is 4.74 Å². The molecule has 2 aromatic carbocycles. The van der Waals surface area contributed by atoms with Crippen molar-refractivity contribution in [2.45, 2.75) is 25.0 Å². The molecular weight excluding hydrogens is 300 g/mol. The van der Waals surface area contributed by atoms with Crippen LogP contribution in [0.15, 0.2) is 58.8 Å². The molecular formula is C19H22N4O. The van der Waals surface area contributed by atoms with Crippen molar-refractivity contribution in [2.75, 3.05) is 25.5 Å². The van der Waals surface area contributed by atoms with Gasteiger partial charge in [0.2, 0.25) is 0 Å². The molecule has 2 aromatic rings. The zero-order chi connectivity index (χ0) is 16.4. The molecule has 0 aromatic heterocycles. The average Bonchev–Trinajstić information content (AvgIpc) is 2.64. The first-order valence-electron chi connectivity index (χ1n) is 8.42. The summed E-state index contributed by atoms with van der Waals surface area (Å²) in [5.74, 6) is 0.904. The molecule has 0 amide bonds. The summed E-state index contributed by atoms with van der Waals surface area (Å²) in [6.45, 7) is 2.99. The Morgan fingerprint density at radius 2 is 1.83 bits per heavy atom. The van der Waals surface area contributed by atoms with E-state index in [9.17, 15) is 0 Å². The van der Waals surface area contributed by atoms with Crippen LogP contribution in [-0.2, 0) is 6.54 Å². The first kappa shape index (κ1) is 15.1. The van der Waals surface area contributed by atoms with Gasteiger partial charge in [0, 0.05) is 32.5 Å². The lowest BCUT2D eigenvalue weighted by Crippen LogP contribution is -2.48. The number of methoxy groups -OCH3 is 1. The molecule has 24 heavy (non-hydrogen) atoms. The van der Waals surface area contributed by atoms with Crippen LogP contribution in [0.25, 0.3) is 0 Å². The van der Waals surface area contributed by atoms with Gasteiger partial charge in [-0.1, -0.05) is 24.3 Å². The molecule has 0 unspecified atom stereocenters. The van der Waals surface area contributed by atoms with Crippen molar-refractivity contribution in [3.8, 4) is 5.75 Å². The second kappa shape index (κ2) is 6.24. The Balaban J connectivity index is 1.38. The molecule has 5 nitrogen and oxygen atoms in total. The largest absolute Gasteiger partial charge is 0.497 e. The van der Waals surface area contributed by atoms with Gasteiger partial charge in [-0.25, -0.2) is 0 Å². The van der Waals surface area contributed by atoms with Crippen LogP contribution in [0.5, 0.6) is 5.75 Å². The molecule has 1 fully saturated rings. The Labute approximate surface area is 142 Å². The number of nitrogens with one attached hydrogen (secondary N) is 1. The number of ether oxygens (including phenoxy) is 1. The number of hydrogen-bond donors (Lipinski definition) is 1. The third-order valence-electron chi connectivity index (χ3n) is 4.87. The van der Waals surface area contributed by atoms with Crippen LogP contribution in [0.1, 0.15) is 18.4 Å². The lowest BCUT2D eigenvalue weighted by molar-refractivity contribution is 0.166. The number of nitrogens with zero attached hydrogens (tertiary/aromatic N) is 3. The SMILES string of the molecule is COc1ccc(CN2CCC3(CC2)N=Nc2ccccc2N3)cc1. The second-order valence-electron chi connectivity index (χ2n) is 6.50. The number of azo groups is 1. The van der Waals surface area contributed by atoms with Gasteiger partial charge in [0.15, 0.2) is 5.66 Å². The van der Waals surface area contributed by atoms with Crippen LogP contribution in [0.4, 0.5) is 11.4 Å². The molecule has 4 rings (SSSR count). The molecule has 2 aliphatic rings. The van der Waals surface area contributed by atoms with Crippen LogP contribution >= 0.6 is 0 Å². The maximum Gasteiger partial charge on any atom is 0.153 e. The van der Waals surface area contributed by atoms with Gasteiger partial charge < -0.3 is 10.1 Å². The van der Waals surface area contributed by atoms with Gasteiger partial charge in [0.1, 0.15) is 11.4 Å². The first-order chi connectivity index (χ1) is 11.8. The number of fused-ring (bicyclic) bond motifs is 1. The highest BCUT2D eigenvalue weighted by atomic mass is 16.5. The van der Waals surface area contributed by atoms with Gasteiger partial charge in [-0.2, -0.15) is 10.2 Å². The van der Waals surface area contributed by atoms with Gasteiger partial charge in [-0.05, 0) is 29.8 Å². The Morgan fingerprint density at radius 3 is 2.58 bits per heavy atom. The zero-order valence-electron chi connectivity index (χ0n) is 13.9. The quantitative estimate of drug-likeness (QED) is 0.921. The summed E-state index contributed by atoms with van der Waals surface area (Å²) in [6.07, 6.45) is 1.95. The fourth-order valence-corrected chi connectivity index (χ4v) is 3.39. The molecule has 0 bridgehead atoms. The smallest absolute Gasteiger partial charge is 0.153 e. The van der Waals surface area contributed by atoms with E-state index in [1.807, 2.05) is 30.3 Å². The van der Waals surface area contributed by atoms with Crippen LogP contribution in [0, 0.1) is 0 Å². The summed E-state index contributed by atoms with van der Waals surface area (Å²) in [7, 11) is 1.70. The van der Waals surface area contributed by atoms with E-state index in [1.54, 1.807) is 7.11 Å². The Kier molecular flexibility index (Phi) is 3.94. The van der Waals surface area contributed by atoms with Gasteiger partial charge in [0.05, 0.1) is 12.8 Å². The van der Waals surface area contributed by atoms with Crippen molar-refractivity contribution in [2.24, 2.45) is 10.2 Å². The summed E-state index contributed by atoms with van der Waals surface area (Å²) in [4.78, 5) is 2.48. The number of piperidine rings is 1. The number of hydrogen-bond acceptors (Lipinski definition) is 5. The minimum Gasteiger partial charge on any atom is -0.497 e. The molecule has 124 valence electrons. The van der Waals surface area contributed by atoms with Crippen molar-refractivity contribution in [1.82, 2.24) is 4.90 Å². The molecule has 1 saturated heterocycles. The molecule has 0 radical (unpaired) electrons. The standard InChI is InChI=1S/C19H22N4O/c1-24-16-8-6-15(7-9-16)14-23-12-10-19(11-13-23)20-17-4-2-3-5-18(17)21-22-19/h2-9,20H,10-14H2,1H3. The topological polar surface area (TPSA) is 49.2 Å². The van der Waals surface area contributed by atoms with Crippen LogP contribution in [0.3, 0.4) is 0 Å². The molecule has 2 heterocycles. The summed E-state index contributed by atoms with van der Waals surface area (Å²) in [5, 5.41) is 12.6. The van der Waals surface area contributed by atoms with E-state index in [0.717, 1.165) is 49.6 Å². The molecule has 0 aliphatic carbocycles. The third kappa shape index (κ3) is 2.99. The van der Waals surface area contributed by atoms with E-state index in [0.29, 0.717) is 0 Å². The highest BCUT2D eigenvalue weighted by molar-refractivity contribution is 5.67. The van der Waals surface area contributed by atoms with Gasteiger partial charge in [-0.15, -0.1) is 0 Å². The lowest BCUT2D eigenvalue weighted by atomic mass is 9.96. The summed E-state index contributed by atoms with van der Waals surface area (Å²) >= 11 is 0. The normalized spacial score (nSPS) is 18.9. The molecule has 0 saturated carbocycles. The maximum absolute atomic E-state index is 5.22. The Bertz CT molecular complexity index is 733. The van der Waals surface area contributed by atoms with E-state index in [2.05, 4.69) is 38.6 Å². The highest BCUT2D eigenvalue weighted by Crippen LogP contribution is 2.38. The molecule has 0 atom stereocenters. The fraction of sp³-hybridized carbons (Fsp3) is 0.368. The number of likely N-dealkylation sites (tertiary alicyclic amines) is 1. The summed E-state index contributed by atoms with van der Waals surface area (Å²) in [6, 6.07) is 16.4. The third-order valence-corrected chi connectivity index (χ3v) is 4.87. The van der Waals surface area contributed by atoms with Crippen molar-refractivity contribution in [1.29, 1.82) is 0 Å². The number of benzene rings is 2. The fourth-order valence-electron chi connectivity index (χ4n) is 3.39. The van der Waals surface area contributed by atoms with E-state index >= 15 is 0 Å². The zero-order valence-corrected chi connectivity index (χ0v) is 13.9. The average molecular weight is 322 g/mol. The molecule has 5 heteroatoms. The predicted molar refractivity (Wildman–Crippen MR) is 94.8 cm³/mol. The van der Waals surface area contributed by atoms with Crippen molar-refractivity contribution in [3.63, 3.8) is 0 Å². The Hall–Kier alpha value is -2.40. The van der Waals surface area contributed by atoms with Crippen molar-refractivity contribution >= 4 is 11.4 Å². The minimum atomic E-state index is -0.231. The molecule has 2 aliphatic heterocycles. The Morgan fingerprint density at radius 1 is 1.08 bits per heavy atom. The highest BCUT2D eigenvalue weighted by Gasteiger charge is 2.37. The van der Waals surface area contributed by atoms with E-state index < -0.39 is 0 Å². The van der Waals surface area contributed by atoms with E-state index in [1.165, 1.54) is 5.56 Å². The van der Waals surface area contributed by atoms with Crippen LogP contribution < -0.4 is 10.1 Å². The lowest BCUT2D eigenvalue weighted by Gasteiger charge is -2.41. The molecule has 1 N–H and O–H groups in total. The maximum atomic E-state index is 5.22. The predicted octanol–water partition coefficient (Wildman–Crippen LogP) is 4.20. The van der Waals surface area contributed by atoms with Crippen LogP contribution in [0.2, 0.25) is 0 Å². The summed E-state index contributed by atoms with van der Waals surface area (Å²) < 4.78 is 5.22. The monoisotopic (exact) mass is 322 g/mol. The number of anilines is 1. The minimum absolute atomic E-state index is 0.231. The van der Waals surface area contributed by atoms with Gasteiger partial charge in [-0.3, -0.25) is 4.90 Å². The van der Waals surface area contributed by atoms with Gasteiger partial charge >= 0.3 is 0 Å². The van der Waals surface area contributed by atoms with Gasteiger partial charge in [0.25, 0.3) is 0 Å². The number of para-hydroxylation sites is 1.